The highest BCUT2D eigenvalue weighted by molar-refractivity contribution is 5.83. The van der Waals surface area contributed by atoms with Gasteiger partial charge in [-0.3, -0.25) is 0 Å². The van der Waals surface area contributed by atoms with Crippen LogP contribution in [0.3, 0.4) is 0 Å². The summed E-state index contributed by atoms with van der Waals surface area (Å²) in [5, 5.41) is 6.44. The van der Waals surface area contributed by atoms with Crippen molar-refractivity contribution in [1.29, 1.82) is 0 Å². The van der Waals surface area contributed by atoms with Gasteiger partial charge in [0, 0.05) is 17.8 Å². The average molecular weight is 478 g/mol. The fourth-order valence-corrected chi connectivity index (χ4v) is 4.93. The summed E-state index contributed by atoms with van der Waals surface area (Å²) < 4.78 is 31.6. The van der Waals surface area contributed by atoms with Gasteiger partial charge in [0.05, 0.1) is 11.7 Å². The number of rotatable bonds is 6. The Hall–Kier alpha value is -3.46. The summed E-state index contributed by atoms with van der Waals surface area (Å²) in [6.07, 6.45) is 4.10. The first-order chi connectivity index (χ1) is 16.8. The van der Waals surface area contributed by atoms with Crippen LogP contribution >= 0.6 is 0 Å². The predicted octanol–water partition coefficient (Wildman–Crippen LogP) is 5.51. The van der Waals surface area contributed by atoms with Crippen molar-refractivity contribution in [3.05, 3.63) is 59.7 Å². The molecule has 0 radical (unpaired) electrons. The second-order valence-corrected chi connectivity index (χ2v) is 9.48. The zero-order chi connectivity index (χ0) is 24.7. The van der Waals surface area contributed by atoms with Crippen molar-refractivity contribution < 1.29 is 8.78 Å². The highest BCUT2D eigenvalue weighted by Crippen LogP contribution is 2.31. The molecular formula is C26H29F2N7. The first-order valence-corrected chi connectivity index (χ1v) is 12.0. The second-order valence-electron chi connectivity index (χ2n) is 9.48. The maximum Gasteiger partial charge on any atom is 0.229 e. The minimum absolute atomic E-state index is 0.0106. The Kier molecular flexibility index (Phi) is 6.19. The van der Waals surface area contributed by atoms with E-state index in [1.807, 2.05) is 43.7 Å². The molecule has 0 aliphatic carbocycles. The van der Waals surface area contributed by atoms with Gasteiger partial charge >= 0.3 is 0 Å². The molecule has 2 N–H and O–H groups in total. The van der Waals surface area contributed by atoms with Crippen LogP contribution in [0.5, 0.6) is 0 Å². The molecule has 7 nitrogen and oxygen atoms in total. The highest BCUT2D eigenvalue weighted by Gasteiger charge is 2.23. The van der Waals surface area contributed by atoms with Crippen LogP contribution < -0.4 is 10.6 Å². The topological polar surface area (TPSA) is 80.6 Å². The van der Waals surface area contributed by atoms with Crippen molar-refractivity contribution in [2.24, 2.45) is 5.92 Å². The number of nitrogens with one attached hydrogen (secondary N) is 2. The fraction of sp³-hybridized carbons (Fsp3) is 0.385. The summed E-state index contributed by atoms with van der Waals surface area (Å²) in [5.74, 6) is 1.30. The van der Waals surface area contributed by atoms with E-state index in [1.165, 1.54) is 11.6 Å². The normalized spacial score (nSPS) is 16.8. The third kappa shape index (κ3) is 4.48. The lowest BCUT2D eigenvalue weighted by Crippen LogP contribution is -2.14. The monoisotopic (exact) mass is 477 g/mol. The number of fused-ring (bicyclic) bond motifs is 1. The van der Waals surface area contributed by atoms with Crippen LogP contribution in [0, 0.1) is 24.5 Å². The average Bonchev–Trinajstić information content (AvgIpc) is 3.48. The van der Waals surface area contributed by atoms with Gasteiger partial charge in [-0.15, -0.1) is 0 Å². The van der Waals surface area contributed by atoms with Crippen LogP contribution in [-0.4, -0.2) is 37.6 Å². The molecule has 182 valence electrons. The Bertz CT molecular complexity index is 1360. The Balaban J connectivity index is 1.43. The number of aromatic nitrogens is 5. The van der Waals surface area contributed by atoms with Crippen LogP contribution in [0.2, 0.25) is 0 Å². The standard InChI is InChI=1S/C26H29F2N7/c1-14(2)35-16(4)32-25-20(27)9-19(10-22(25)35)24-21(28)13-31-26(34-24)33-23-6-5-17(12-30-23)15(3)18-7-8-29-11-18/h5-6,9-10,12-15,18,29H,7-8,11H2,1-4H3,(H,30,31,33,34)/t15-,18-/m1/s1. The van der Waals surface area contributed by atoms with Crippen LogP contribution in [-0.2, 0) is 0 Å². The molecule has 5 rings (SSSR count). The van der Waals surface area contributed by atoms with Gasteiger partial charge in [0.25, 0.3) is 0 Å². The summed E-state index contributed by atoms with van der Waals surface area (Å²) in [5.41, 5.74) is 2.37. The van der Waals surface area contributed by atoms with E-state index in [0.717, 1.165) is 25.7 Å². The van der Waals surface area contributed by atoms with Gasteiger partial charge < -0.3 is 15.2 Å². The third-order valence-electron chi connectivity index (χ3n) is 6.82. The van der Waals surface area contributed by atoms with Crippen molar-refractivity contribution >= 4 is 22.8 Å². The van der Waals surface area contributed by atoms with E-state index < -0.39 is 11.6 Å². The Labute approximate surface area is 203 Å². The molecule has 1 aliphatic heterocycles. The lowest BCUT2D eigenvalue weighted by Gasteiger charge is -2.18. The van der Waals surface area contributed by atoms with Crippen molar-refractivity contribution in [2.75, 3.05) is 18.4 Å². The number of hydrogen-bond acceptors (Lipinski definition) is 6. The van der Waals surface area contributed by atoms with E-state index in [4.69, 9.17) is 0 Å². The summed E-state index contributed by atoms with van der Waals surface area (Å²) >= 11 is 0. The van der Waals surface area contributed by atoms with Gasteiger partial charge in [-0.2, -0.15) is 0 Å². The van der Waals surface area contributed by atoms with Gasteiger partial charge in [-0.25, -0.2) is 28.7 Å². The molecule has 1 aliphatic rings. The molecular weight excluding hydrogens is 448 g/mol. The van der Waals surface area contributed by atoms with Gasteiger partial charge in [0.1, 0.15) is 22.9 Å². The first-order valence-electron chi connectivity index (χ1n) is 12.0. The lowest BCUT2D eigenvalue weighted by molar-refractivity contribution is 0.486. The second kappa shape index (κ2) is 9.30. The molecule has 1 aromatic carbocycles. The largest absolute Gasteiger partial charge is 0.326 e. The molecule has 0 unspecified atom stereocenters. The quantitative estimate of drug-likeness (QED) is 0.381. The number of pyridine rings is 1. The van der Waals surface area contributed by atoms with E-state index in [9.17, 15) is 8.78 Å². The summed E-state index contributed by atoms with van der Waals surface area (Å²) in [7, 11) is 0. The smallest absolute Gasteiger partial charge is 0.229 e. The molecule has 4 aromatic rings. The fourth-order valence-electron chi connectivity index (χ4n) is 4.93. The Morgan fingerprint density at radius 2 is 1.89 bits per heavy atom. The van der Waals surface area contributed by atoms with E-state index >= 15 is 0 Å². The maximum absolute atomic E-state index is 14.9. The van der Waals surface area contributed by atoms with E-state index in [1.54, 1.807) is 6.07 Å². The molecule has 0 bridgehead atoms. The number of imidazole rings is 1. The molecule has 2 atom stereocenters. The molecule has 0 saturated carbocycles. The van der Waals surface area contributed by atoms with E-state index in [0.29, 0.717) is 34.6 Å². The Morgan fingerprint density at radius 1 is 1.06 bits per heavy atom. The van der Waals surface area contributed by atoms with E-state index in [2.05, 4.69) is 37.5 Å². The van der Waals surface area contributed by atoms with Crippen molar-refractivity contribution in [2.45, 2.75) is 46.1 Å². The van der Waals surface area contributed by atoms with Crippen LogP contribution in [0.1, 0.15) is 50.5 Å². The number of benzene rings is 1. The van der Waals surface area contributed by atoms with Crippen molar-refractivity contribution in [1.82, 2.24) is 29.8 Å². The molecule has 3 aromatic heterocycles. The number of nitrogens with zero attached hydrogens (tertiary/aromatic N) is 5. The molecule has 0 spiro atoms. The molecule has 35 heavy (non-hydrogen) atoms. The molecule has 4 heterocycles. The number of halogens is 2. The lowest BCUT2D eigenvalue weighted by atomic mass is 9.88. The SMILES string of the molecule is Cc1nc2c(F)cc(-c3nc(Nc4ccc([C@@H](C)[C@@H]5CCNC5)cn4)ncc3F)cc2n1C(C)C. The van der Waals surface area contributed by atoms with Gasteiger partial charge in [-0.05, 0) is 75.9 Å². The van der Waals surface area contributed by atoms with E-state index in [-0.39, 0.29) is 23.2 Å². The van der Waals surface area contributed by atoms with Gasteiger partial charge in [-0.1, -0.05) is 13.0 Å². The number of anilines is 2. The Morgan fingerprint density at radius 3 is 2.57 bits per heavy atom. The third-order valence-corrected chi connectivity index (χ3v) is 6.82. The van der Waals surface area contributed by atoms with Crippen LogP contribution in [0.25, 0.3) is 22.3 Å². The predicted molar refractivity (Wildman–Crippen MR) is 133 cm³/mol. The zero-order valence-electron chi connectivity index (χ0n) is 20.3. The van der Waals surface area contributed by atoms with Crippen molar-refractivity contribution in [3.8, 4) is 11.3 Å². The molecule has 0 amide bonds. The maximum atomic E-state index is 14.9. The van der Waals surface area contributed by atoms with Crippen LogP contribution in [0.15, 0.2) is 36.7 Å². The minimum Gasteiger partial charge on any atom is -0.326 e. The zero-order valence-corrected chi connectivity index (χ0v) is 20.3. The van der Waals surface area contributed by atoms with Gasteiger partial charge in [0.15, 0.2) is 11.6 Å². The summed E-state index contributed by atoms with van der Waals surface area (Å²) in [6.45, 7) is 10.1. The number of hydrogen-bond donors (Lipinski definition) is 2. The summed E-state index contributed by atoms with van der Waals surface area (Å²) in [6, 6.07) is 6.97. The van der Waals surface area contributed by atoms with Gasteiger partial charge in [0.2, 0.25) is 5.95 Å². The van der Waals surface area contributed by atoms with Crippen LogP contribution in [0.4, 0.5) is 20.5 Å². The minimum atomic E-state index is -0.635. The molecule has 1 saturated heterocycles. The summed E-state index contributed by atoms with van der Waals surface area (Å²) in [4.78, 5) is 17.3. The first kappa shape index (κ1) is 23.3. The van der Waals surface area contributed by atoms with Crippen molar-refractivity contribution in [3.63, 3.8) is 0 Å². The molecule has 1 fully saturated rings. The number of aryl methyl sites for hydroxylation is 1. The molecule has 9 heteroatoms. The highest BCUT2D eigenvalue weighted by atomic mass is 19.1.